The van der Waals surface area contributed by atoms with E-state index < -0.39 is 104 Å². The molecule has 0 aromatic carbocycles. The van der Waals surface area contributed by atoms with Gasteiger partial charge in [0.25, 0.3) is 0 Å². The van der Waals surface area contributed by atoms with Gasteiger partial charge in [0.2, 0.25) is 0 Å². The normalized spacial score (nSPS) is 38.3. The van der Waals surface area contributed by atoms with Crippen molar-refractivity contribution in [1.29, 1.82) is 0 Å². The van der Waals surface area contributed by atoms with Crippen LogP contribution in [0, 0.1) is 0 Å². The molecule has 3 aliphatic rings. The highest BCUT2D eigenvalue weighted by atomic mass is 32.2. The lowest BCUT2D eigenvalue weighted by Crippen LogP contribution is -2.62. The summed E-state index contributed by atoms with van der Waals surface area (Å²) in [5.74, 6) is 3.42. The van der Waals surface area contributed by atoms with Gasteiger partial charge in [0, 0.05) is 44.9 Å². The average Bonchev–Trinajstić information content (AvgIpc) is 3.15. The third-order valence-electron chi connectivity index (χ3n) is 8.67. The largest absolute Gasteiger partial charge is 0.394 e. The van der Waals surface area contributed by atoms with Crippen LogP contribution in [0.25, 0.3) is 0 Å². The molecule has 0 radical (unpaired) electrons. The Bertz CT molecular complexity index is 1030. The second kappa shape index (κ2) is 25.3. The molecule has 3 saturated heterocycles. The van der Waals surface area contributed by atoms with Gasteiger partial charge in [0.05, 0.1) is 25.6 Å². The fraction of sp³-hybridized carbons (Fsp3) is 0.968. The third-order valence-corrected chi connectivity index (χ3v) is 12.0. The zero-order valence-corrected chi connectivity index (χ0v) is 32.2. The number of aliphatic hydroxyl groups excluding tert-OH is 9. The van der Waals surface area contributed by atoms with E-state index in [1.807, 2.05) is 0 Å². The smallest absolute Gasteiger partial charge is 0.187 e. The van der Waals surface area contributed by atoms with Crippen molar-refractivity contribution in [3.63, 3.8) is 0 Å². The molecule has 0 aromatic heterocycles. The molecule has 0 amide bonds. The maximum absolute atomic E-state index is 10.8. The molecule has 3 rings (SSSR count). The summed E-state index contributed by atoms with van der Waals surface area (Å²) in [5, 5.41) is 92.0. The Balaban J connectivity index is 1.40. The molecular formula is C31H59N3O16S3. The quantitative estimate of drug-likeness (QED) is 0.0248. The van der Waals surface area contributed by atoms with E-state index in [1.54, 1.807) is 23.5 Å². The molecule has 19 nitrogen and oxygen atoms in total. The lowest BCUT2D eigenvalue weighted by molar-refractivity contribution is -0.335. The van der Waals surface area contributed by atoms with Crippen molar-refractivity contribution in [3.05, 3.63) is 0 Å². The predicted octanol–water partition coefficient (Wildman–Crippen LogP) is -4.60. The summed E-state index contributed by atoms with van der Waals surface area (Å²) >= 11 is 4.36. The summed E-state index contributed by atoms with van der Waals surface area (Å²) in [6.45, 7) is 0.0299. The first kappa shape index (κ1) is 47.2. The summed E-state index contributed by atoms with van der Waals surface area (Å²) in [4.78, 5) is 4.30. The number of rotatable bonds is 24. The molecule has 3 aliphatic heterocycles. The van der Waals surface area contributed by atoms with E-state index in [-0.39, 0.29) is 19.0 Å². The molecule has 0 spiro atoms. The van der Waals surface area contributed by atoms with Crippen LogP contribution in [-0.4, -0.2) is 225 Å². The van der Waals surface area contributed by atoms with Crippen molar-refractivity contribution in [2.45, 2.75) is 104 Å². The summed E-state index contributed by atoms with van der Waals surface area (Å²) in [6, 6.07) is 0. The van der Waals surface area contributed by atoms with Gasteiger partial charge in [-0.15, -0.1) is 11.8 Å². The monoisotopic (exact) mass is 825 g/mol. The van der Waals surface area contributed by atoms with Gasteiger partial charge in [-0.2, -0.15) is 23.5 Å². The lowest BCUT2D eigenvalue weighted by atomic mass is 9.98. The molecular weight excluding hydrogens is 767 g/mol. The number of nitrogens with zero attached hydrogens (tertiary/aromatic N) is 1. The van der Waals surface area contributed by atoms with Gasteiger partial charge < -0.3 is 90.6 Å². The standard InChI is InChI=1S/C31H59N3O16S3/c1-44-29-27(45-6-2-8-51-10-4-32)25(42)22(39)18(49-29)14-47-30-28(24(41)21(38)16(12-35)48-30)46-7-3-9-52-11-5-34-19(33)15-53-31-26(43)23(40)20(37)17(13-36)50-31/h16-18,20-31,35-43H,2-15,32H2,1H3,(H2,33,34)/t16?,17?,18?,20-,21+,22+,23-,24-,25-,26?,27?,28?,29-,30-,31-/m0/s1. The molecule has 13 N–H and O–H groups in total. The van der Waals surface area contributed by atoms with Crippen LogP contribution in [0.15, 0.2) is 4.99 Å². The highest BCUT2D eigenvalue weighted by Crippen LogP contribution is 2.30. The van der Waals surface area contributed by atoms with Crippen LogP contribution in [0.5, 0.6) is 0 Å². The van der Waals surface area contributed by atoms with Crippen LogP contribution in [0.1, 0.15) is 12.8 Å². The minimum Gasteiger partial charge on any atom is -0.394 e. The van der Waals surface area contributed by atoms with Gasteiger partial charge in [-0.3, -0.25) is 4.99 Å². The number of amidine groups is 1. The maximum Gasteiger partial charge on any atom is 0.187 e. The van der Waals surface area contributed by atoms with Crippen LogP contribution in [0.2, 0.25) is 0 Å². The highest BCUT2D eigenvalue weighted by molar-refractivity contribution is 8.00. The molecule has 0 bridgehead atoms. The van der Waals surface area contributed by atoms with Gasteiger partial charge in [-0.05, 0) is 24.3 Å². The Kier molecular flexibility index (Phi) is 22.5. The van der Waals surface area contributed by atoms with E-state index in [2.05, 4.69) is 4.99 Å². The van der Waals surface area contributed by atoms with Crippen LogP contribution < -0.4 is 11.5 Å². The molecule has 6 unspecified atom stereocenters. The Morgan fingerprint density at radius 1 is 0.660 bits per heavy atom. The minimum atomic E-state index is -1.47. The molecule has 15 atom stereocenters. The van der Waals surface area contributed by atoms with Crippen LogP contribution in [-0.2, 0) is 33.2 Å². The molecule has 0 aromatic rings. The second-order valence-electron chi connectivity index (χ2n) is 12.6. The maximum atomic E-state index is 10.8. The SMILES string of the molecule is CO[C@H]1OC(CO[C@H]2OC(CO)[C@@H](O)[C@H](O)C2OCCCSCCN=C(N)CS[C@@H]2OC(CO)[C@H](O)[C@H](O)C2O)[C@@H](O)[C@H](O)C1OCCCSCCN. The zero-order valence-electron chi connectivity index (χ0n) is 29.8. The number of hydrogen-bond acceptors (Lipinski definition) is 21. The van der Waals surface area contributed by atoms with Crippen LogP contribution in [0.4, 0.5) is 0 Å². The molecule has 22 heteroatoms. The van der Waals surface area contributed by atoms with Gasteiger partial charge in [0.1, 0.15) is 84.5 Å². The van der Waals surface area contributed by atoms with E-state index in [1.165, 1.54) is 7.11 Å². The van der Waals surface area contributed by atoms with Crippen molar-refractivity contribution >= 4 is 41.1 Å². The first-order valence-electron chi connectivity index (χ1n) is 17.6. The summed E-state index contributed by atoms with van der Waals surface area (Å²) in [6.07, 6.45) is -16.3. The second-order valence-corrected chi connectivity index (χ2v) is 16.1. The van der Waals surface area contributed by atoms with E-state index in [9.17, 15) is 46.0 Å². The van der Waals surface area contributed by atoms with Crippen molar-refractivity contribution in [1.82, 2.24) is 0 Å². The van der Waals surface area contributed by atoms with Gasteiger partial charge in [-0.1, -0.05) is 0 Å². The number of ether oxygens (including phenoxy) is 7. The molecule has 0 saturated carbocycles. The van der Waals surface area contributed by atoms with E-state index in [0.29, 0.717) is 49.9 Å². The van der Waals surface area contributed by atoms with Gasteiger partial charge >= 0.3 is 0 Å². The van der Waals surface area contributed by atoms with E-state index in [0.717, 1.165) is 23.3 Å². The van der Waals surface area contributed by atoms with Crippen molar-refractivity contribution in [2.75, 3.05) is 82.0 Å². The highest BCUT2D eigenvalue weighted by Gasteiger charge is 2.49. The first-order chi connectivity index (χ1) is 25.5. The zero-order chi connectivity index (χ0) is 38.9. The molecule has 3 heterocycles. The number of aliphatic imine (C=N–C) groups is 1. The van der Waals surface area contributed by atoms with E-state index >= 15 is 0 Å². The van der Waals surface area contributed by atoms with Crippen LogP contribution >= 0.6 is 35.3 Å². The van der Waals surface area contributed by atoms with E-state index in [4.69, 9.17) is 44.6 Å². The molecule has 312 valence electrons. The van der Waals surface area contributed by atoms with Gasteiger partial charge in [0.15, 0.2) is 12.6 Å². The van der Waals surface area contributed by atoms with Crippen LogP contribution in [0.3, 0.4) is 0 Å². The summed E-state index contributed by atoms with van der Waals surface area (Å²) in [7, 11) is 1.38. The number of aliphatic hydroxyl groups is 9. The number of hydrogen-bond donors (Lipinski definition) is 11. The first-order valence-corrected chi connectivity index (χ1v) is 20.9. The molecule has 0 aliphatic carbocycles. The number of nitrogens with two attached hydrogens (primary N) is 2. The molecule has 53 heavy (non-hydrogen) atoms. The molecule has 3 fully saturated rings. The number of methoxy groups -OCH3 is 1. The Morgan fingerprint density at radius 3 is 1.81 bits per heavy atom. The summed E-state index contributed by atoms with van der Waals surface area (Å²) in [5.41, 5.74) is 10.6. The lowest BCUT2D eigenvalue weighted by Gasteiger charge is -2.44. The van der Waals surface area contributed by atoms with Crippen molar-refractivity contribution in [2.24, 2.45) is 16.5 Å². The minimum absolute atomic E-state index is 0.159. The average molecular weight is 826 g/mol. The fourth-order valence-electron chi connectivity index (χ4n) is 5.69. The fourth-order valence-corrected chi connectivity index (χ4v) is 8.13. The Hall–Kier alpha value is -0.160. The summed E-state index contributed by atoms with van der Waals surface area (Å²) < 4.78 is 39.9. The van der Waals surface area contributed by atoms with Gasteiger partial charge in [-0.25, -0.2) is 0 Å². The predicted molar refractivity (Wildman–Crippen MR) is 197 cm³/mol. The Morgan fingerprint density at radius 2 is 1.21 bits per heavy atom. The number of thioether (sulfide) groups is 3. The topological polar surface area (TPSA) is 311 Å². The third kappa shape index (κ3) is 14.3. The van der Waals surface area contributed by atoms with Crippen molar-refractivity contribution < 1.29 is 79.1 Å². The Labute approximate surface area is 322 Å². The van der Waals surface area contributed by atoms with Crippen molar-refractivity contribution in [3.8, 4) is 0 Å².